The third-order valence-corrected chi connectivity index (χ3v) is 7.78. The van der Waals surface area contributed by atoms with E-state index in [0.717, 1.165) is 74.1 Å². The topological polar surface area (TPSA) is 101 Å². The number of rotatable bonds is 9. The van der Waals surface area contributed by atoms with Crippen LogP contribution < -0.4 is 11.1 Å². The predicted octanol–water partition coefficient (Wildman–Crippen LogP) is 4.70. The van der Waals surface area contributed by atoms with Crippen molar-refractivity contribution in [3.05, 3.63) is 47.3 Å². The van der Waals surface area contributed by atoms with Gasteiger partial charge in [-0.15, -0.1) is 0 Å². The summed E-state index contributed by atoms with van der Waals surface area (Å²) in [5, 5.41) is 3.29. The molecule has 7 heteroatoms. The molecule has 1 saturated carbocycles. The van der Waals surface area contributed by atoms with Crippen LogP contribution in [0.15, 0.2) is 30.5 Å². The summed E-state index contributed by atoms with van der Waals surface area (Å²) in [4.78, 5) is 36.3. The molecule has 1 aromatic carbocycles. The molecule has 1 aliphatic carbocycles. The van der Waals surface area contributed by atoms with Crippen LogP contribution in [-0.4, -0.2) is 46.7 Å². The molecular formula is C28H39N5O2. The normalized spacial score (nSPS) is 21.4. The number of amides is 1. The fraction of sp³-hybridized carbons (Fsp3) is 0.571. The van der Waals surface area contributed by atoms with Crippen LogP contribution in [0.5, 0.6) is 0 Å². The molecule has 0 bridgehead atoms. The van der Waals surface area contributed by atoms with Gasteiger partial charge in [0.2, 0.25) is 11.9 Å². The van der Waals surface area contributed by atoms with Gasteiger partial charge < -0.3 is 16.0 Å². The fourth-order valence-electron chi connectivity index (χ4n) is 5.55. The molecule has 1 saturated heterocycles. The molecular weight excluding hydrogens is 438 g/mol. The Bertz CT molecular complexity index is 1030. The smallest absolute Gasteiger partial charge is 0.227 e. The summed E-state index contributed by atoms with van der Waals surface area (Å²) in [6.45, 7) is 6.41. The van der Waals surface area contributed by atoms with Crippen molar-refractivity contribution in [3.63, 3.8) is 0 Å². The molecule has 2 fully saturated rings. The quantitative estimate of drug-likeness (QED) is 0.508. The van der Waals surface area contributed by atoms with E-state index in [4.69, 9.17) is 10.7 Å². The van der Waals surface area contributed by atoms with E-state index < -0.39 is 0 Å². The first kappa shape index (κ1) is 25.3. The highest BCUT2D eigenvalue weighted by Gasteiger charge is 2.32. The van der Waals surface area contributed by atoms with Gasteiger partial charge in [-0.3, -0.25) is 9.59 Å². The molecule has 0 unspecified atom stereocenters. The van der Waals surface area contributed by atoms with E-state index in [9.17, 15) is 9.59 Å². The number of aromatic nitrogens is 2. The highest BCUT2D eigenvalue weighted by molar-refractivity contribution is 5.96. The zero-order valence-electron chi connectivity index (χ0n) is 21.3. The van der Waals surface area contributed by atoms with Gasteiger partial charge in [-0.2, -0.15) is 0 Å². The number of nitrogens with one attached hydrogen (secondary N) is 1. The Labute approximate surface area is 208 Å². The van der Waals surface area contributed by atoms with Crippen molar-refractivity contribution in [1.82, 2.24) is 14.9 Å². The number of nitrogens with zero attached hydrogens (tertiary/aromatic N) is 3. The molecule has 188 valence electrons. The maximum absolute atomic E-state index is 12.8. The van der Waals surface area contributed by atoms with Gasteiger partial charge in [-0.25, -0.2) is 9.97 Å². The number of carbonyl (C=O) groups excluding carboxylic acids is 2. The predicted molar refractivity (Wildman–Crippen MR) is 139 cm³/mol. The number of primary amides is 1. The first-order valence-electron chi connectivity index (χ1n) is 13.0. The second-order valence-electron chi connectivity index (χ2n) is 10.7. The average molecular weight is 478 g/mol. The van der Waals surface area contributed by atoms with Gasteiger partial charge in [0, 0.05) is 35.5 Å². The van der Waals surface area contributed by atoms with Gasteiger partial charge in [0.1, 0.15) is 0 Å². The minimum Gasteiger partial charge on any atom is -0.369 e. The summed E-state index contributed by atoms with van der Waals surface area (Å²) < 4.78 is 0. The van der Waals surface area contributed by atoms with Gasteiger partial charge in [-0.05, 0) is 99.8 Å². The van der Waals surface area contributed by atoms with Crippen LogP contribution >= 0.6 is 0 Å². The number of ketones is 1. The number of hydrogen-bond donors (Lipinski definition) is 2. The molecule has 2 aromatic rings. The minimum atomic E-state index is -0.198. The van der Waals surface area contributed by atoms with E-state index in [1.807, 2.05) is 30.5 Å². The Morgan fingerprint density at radius 1 is 1.11 bits per heavy atom. The number of likely N-dealkylation sites (tertiary alicyclic amines) is 1. The van der Waals surface area contributed by atoms with Crippen molar-refractivity contribution in [2.75, 3.05) is 25.5 Å². The Balaban J connectivity index is 1.42. The van der Waals surface area contributed by atoms with Crippen molar-refractivity contribution >= 4 is 23.3 Å². The number of Topliss-reactive ketones (excluding diaryl/α,β-unsaturated/α-hetero) is 1. The molecule has 35 heavy (non-hydrogen) atoms. The number of anilines is 2. The Morgan fingerprint density at radius 3 is 2.49 bits per heavy atom. The lowest BCUT2D eigenvalue weighted by atomic mass is 9.88. The summed E-state index contributed by atoms with van der Waals surface area (Å²) in [6.07, 6.45) is 8.35. The van der Waals surface area contributed by atoms with Crippen molar-refractivity contribution in [3.8, 4) is 0 Å². The van der Waals surface area contributed by atoms with Crippen LogP contribution in [0, 0.1) is 17.8 Å². The second-order valence-corrected chi connectivity index (χ2v) is 10.7. The summed E-state index contributed by atoms with van der Waals surface area (Å²) in [7, 11) is 2.14. The standard InChI is InChI=1S/C28H39N5O2/c1-18(2)24-17-30-28(32-25(24)16-21-5-4-6-23(21)27(29)35)31-22-9-7-20(8-10-22)26(34)15-19-11-13-33(3)14-12-19/h7-10,17-19,21,23H,4-6,11-16H2,1-3H3,(H2,29,35)(H,30,31,32)/t21-,23-/m0/s1. The first-order chi connectivity index (χ1) is 16.8. The fourth-order valence-corrected chi connectivity index (χ4v) is 5.55. The molecule has 4 rings (SSSR count). The number of piperidine rings is 1. The molecule has 3 N–H and O–H groups in total. The Hall–Kier alpha value is -2.80. The molecule has 0 spiro atoms. The first-order valence-corrected chi connectivity index (χ1v) is 13.0. The van der Waals surface area contributed by atoms with Crippen LogP contribution in [0.2, 0.25) is 0 Å². The lowest BCUT2D eigenvalue weighted by Gasteiger charge is -2.28. The zero-order valence-corrected chi connectivity index (χ0v) is 21.3. The third-order valence-electron chi connectivity index (χ3n) is 7.78. The van der Waals surface area contributed by atoms with E-state index in [2.05, 4.69) is 36.1 Å². The molecule has 7 nitrogen and oxygen atoms in total. The summed E-state index contributed by atoms with van der Waals surface area (Å²) >= 11 is 0. The molecule has 2 aliphatic rings. The lowest BCUT2D eigenvalue weighted by Crippen LogP contribution is -2.31. The van der Waals surface area contributed by atoms with Crippen molar-refractivity contribution in [2.24, 2.45) is 23.5 Å². The van der Waals surface area contributed by atoms with Gasteiger partial charge in [0.05, 0.1) is 0 Å². The largest absolute Gasteiger partial charge is 0.369 e. The average Bonchev–Trinajstić information content (AvgIpc) is 3.29. The minimum absolute atomic E-state index is 0.0685. The van der Waals surface area contributed by atoms with Crippen molar-refractivity contribution in [1.29, 1.82) is 0 Å². The Kier molecular flexibility index (Phi) is 8.16. The SMILES string of the molecule is CC(C)c1cnc(Nc2ccc(C(=O)CC3CCN(C)CC3)cc2)nc1C[C@@H]1CCC[C@@H]1C(N)=O. The van der Waals surface area contributed by atoms with Crippen molar-refractivity contribution in [2.45, 2.75) is 64.7 Å². The highest BCUT2D eigenvalue weighted by atomic mass is 16.1. The van der Waals surface area contributed by atoms with Gasteiger partial charge >= 0.3 is 0 Å². The summed E-state index contributed by atoms with van der Waals surface area (Å²) in [6, 6.07) is 7.61. The maximum Gasteiger partial charge on any atom is 0.227 e. The van der Waals surface area contributed by atoms with Gasteiger partial charge in [0.25, 0.3) is 0 Å². The van der Waals surface area contributed by atoms with Crippen LogP contribution in [-0.2, 0) is 11.2 Å². The van der Waals surface area contributed by atoms with Gasteiger partial charge in [0.15, 0.2) is 5.78 Å². The number of nitrogens with two attached hydrogens (primary N) is 1. The van der Waals surface area contributed by atoms with E-state index in [1.165, 1.54) is 0 Å². The molecule has 1 amide bonds. The molecule has 1 aromatic heterocycles. The van der Waals surface area contributed by atoms with Crippen LogP contribution in [0.1, 0.15) is 79.9 Å². The van der Waals surface area contributed by atoms with Gasteiger partial charge in [-0.1, -0.05) is 20.3 Å². The lowest BCUT2D eigenvalue weighted by molar-refractivity contribution is -0.122. The zero-order chi connectivity index (χ0) is 24.9. The number of hydrogen-bond acceptors (Lipinski definition) is 6. The molecule has 2 atom stereocenters. The maximum atomic E-state index is 12.8. The molecule has 1 aliphatic heterocycles. The van der Waals surface area contributed by atoms with E-state index in [-0.39, 0.29) is 23.5 Å². The van der Waals surface area contributed by atoms with E-state index in [1.54, 1.807) is 0 Å². The Morgan fingerprint density at radius 2 is 1.83 bits per heavy atom. The molecule has 2 heterocycles. The summed E-state index contributed by atoms with van der Waals surface area (Å²) in [5.74, 6) is 1.49. The number of benzene rings is 1. The number of carbonyl (C=O) groups is 2. The van der Waals surface area contributed by atoms with E-state index >= 15 is 0 Å². The van der Waals surface area contributed by atoms with Crippen LogP contribution in [0.4, 0.5) is 11.6 Å². The molecule has 0 radical (unpaired) electrons. The van der Waals surface area contributed by atoms with Crippen molar-refractivity contribution < 1.29 is 9.59 Å². The van der Waals surface area contributed by atoms with E-state index in [0.29, 0.717) is 24.2 Å². The van der Waals surface area contributed by atoms with Crippen LogP contribution in [0.3, 0.4) is 0 Å². The highest BCUT2D eigenvalue weighted by Crippen LogP contribution is 2.35. The second kappa shape index (κ2) is 11.3. The third kappa shape index (κ3) is 6.45. The van der Waals surface area contributed by atoms with Crippen LogP contribution in [0.25, 0.3) is 0 Å². The monoisotopic (exact) mass is 477 g/mol. The summed E-state index contributed by atoms with van der Waals surface area (Å²) in [5.41, 5.74) is 9.35.